The van der Waals surface area contributed by atoms with Gasteiger partial charge in [0.25, 0.3) is 0 Å². The van der Waals surface area contributed by atoms with E-state index in [2.05, 4.69) is 5.32 Å². The molecule has 7 nitrogen and oxygen atoms in total. The number of rotatable bonds is 10. The molecule has 1 saturated carbocycles. The van der Waals surface area contributed by atoms with Gasteiger partial charge in [0.1, 0.15) is 18.0 Å². The van der Waals surface area contributed by atoms with Crippen LogP contribution in [0.25, 0.3) is 0 Å². The first-order valence-corrected chi connectivity index (χ1v) is 11.7. The Morgan fingerprint density at radius 2 is 1.97 bits per heavy atom. The molecule has 0 spiro atoms. The average molecular weight is 445 g/mol. The number of hydrogen-bond acceptors (Lipinski definition) is 6. The van der Waals surface area contributed by atoms with Crippen molar-refractivity contribution < 1.29 is 24.2 Å². The molecule has 0 radical (unpaired) electrons. The zero-order valence-electron chi connectivity index (χ0n) is 19.3. The van der Waals surface area contributed by atoms with Gasteiger partial charge >= 0.3 is 11.9 Å². The summed E-state index contributed by atoms with van der Waals surface area (Å²) >= 11 is 0. The molecule has 0 bridgehead atoms. The maximum Gasteiger partial charge on any atom is 0.354 e. The van der Waals surface area contributed by atoms with Crippen LogP contribution in [0.2, 0.25) is 0 Å². The number of aliphatic carboxylic acids is 1. The SMILES string of the molecule is CCOC(=O)/C(=C\Cc1ccccc1)NC(C)C(OC)N1C(C(=O)O)CC2CCCCC21. The summed E-state index contributed by atoms with van der Waals surface area (Å²) in [6.45, 7) is 3.99. The Morgan fingerprint density at radius 1 is 1.25 bits per heavy atom. The van der Waals surface area contributed by atoms with Gasteiger partial charge < -0.3 is 19.9 Å². The molecule has 1 aliphatic carbocycles. The molecular formula is C25H36N2O5. The number of carboxylic acids is 1. The molecule has 5 atom stereocenters. The first kappa shape index (κ1) is 24.3. The topological polar surface area (TPSA) is 88.1 Å². The standard InChI is InChI=1S/C25H36N2O5/c1-4-32-25(30)20(15-14-18-10-6-5-7-11-18)26-17(2)23(31-3)27-21-13-9-8-12-19(21)16-22(27)24(28)29/h5-7,10-11,15,17,19,21-23,26H,4,8-9,12-14,16H2,1-3H3,(H,28,29)/b20-15+. The molecule has 2 N–H and O–H groups in total. The number of likely N-dealkylation sites (tertiary alicyclic amines) is 1. The molecule has 1 aromatic rings. The van der Waals surface area contributed by atoms with Crippen LogP contribution in [0.5, 0.6) is 0 Å². The van der Waals surface area contributed by atoms with Gasteiger partial charge in [-0.15, -0.1) is 0 Å². The van der Waals surface area contributed by atoms with Crippen molar-refractivity contribution in [2.75, 3.05) is 13.7 Å². The lowest BCUT2D eigenvalue weighted by Crippen LogP contribution is -2.56. The summed E-state index contributed by atoms with van der Waals surface area (Å²) in [4.78, 5) is 26.7. The number of esters is 1. The van der Waals surface area contributed by atoms with Crippen LogP contribution in [0.3, 0.4) is 0 Å². The Labute approximate surface area is 190 Å². The van der Waals surface area contributed by atoms with Gasteiger partial charge in [0, 0.05) is 13.2 Å². The molecule has 0 aromatic heterocycles. The number of fused-ring (bicyclic) bond motifs is 1. The number of carboxylic acid groups (broad SMARTS) is 1. The summed E-state index contributed by atoms with van der Waals surface area (Å²) in [5.41, 5.74) is 1.46. The lowest BCUT2D eigenvalue weighted by atomic mass is 9.84. The Kier molecular flexibility index (Phi) is 8.70. The number of hydrogen-bond donors (Lipinski definition) is 2. The highest BCUT2D eigenvalue weighted by Gasteiger charge is 2.49. The van der Waals surface area contributed by atoms with Crippen molar-refractivity contribution in [3.63, 3.8) is 0 Å². The molecule has 2 fully saturated rings. The quantitative estimate of drug-likeness (QED) is 0.423. The number of methoxy groups -OCH3 is 1. The highest BCUT2D eigenvalue weighted by molar-refractivity contribution is 5.87. The Morgan fingerprint density at radius 3 is 2.62 bits per heavy atom. The fourth-order valence-corrected chi connectivity index (χ4v) is 5.23. The number of ether oxygens (including phenoxy) is 2. The van der Waals surface area contributed by atoms with E-state index in [1.54, 1.807) is 14.0 Å². The smallest absolute Gasteiger partial charge is 0.354 e. The lowest BCUT2D eigenvalue weighted by molar-refractivity contribution is -0.151. The molecule has 7 heteroatoms. The van der Waals surface area contributed by atoms with Crippen molar-refractivity contribution in [2.24, 2.45) is 5.92 Å². The second kappa shape index (κ2) is 11.5. The molecule has 1 aromatic carbocycles. The number of nitrogens with one attached hydrogen (secondary N) is 1. The van der Waals surface area contributed by atoms with E-state index in [4.69, 9.17) is 9.47 Å². The molecular weight excluding hydrogens is 408 g/mol. The van der Waals surface area contributed by atoms with Gasteiger partial charge in [-0.25, -0.2) is 4.79 Å². The second-order valence-electron chi connectivity index (χ2n) is 8.74. The van der Waals surface area contributed by atoms with E-state index in [9.17, 15) is 14.7 Å². The van der Waals surface area contributed by atoms with Crippen LogP contribution in [0.4, 0.5) is 0 Å². The number of allylic oxidation sites excluding steroid dienone is 1. The molecule has 176 valence electrons. The predicted molar refractivity (Wildman–Crippen MR) is 122 cm³/mol. The average Bonchev–Trinajstić information content (AvgIpc) is 3.18. The summed E-state index contributed by atoms with van der Waals surface area (Å²) in [6.07, 6.45) is 6.90. The van der Waals surface area contributed by atoms with Crippen molar-refractivity contribution in [1.29, 1.82) is 0 Å². The highest BCUT2D eigenvalue weighted by Crippen LogP contribution is 2.41. The summed E-state index contributed by atoms with van der Waals surface area (Å²) in [5.74, 6) is -0.844. The first-order chi connectivity index (χ1) is 15.5. The normalized spacial score (nSPS) is 25.6. The van der Waals surface area contributed by atoms with Crippen LogP contribution < -0.4 is 5.32 Å². The summed E-state index contributed by atoms with van der Waals surface area (Å²) in [6, 6.07) is 9.20. The van der Waals surface area contributed by atoms with Gasteiger partial charge in [-0.1, -0.05) is 43.2 Å². The molecule has 1 saturated heterocycles. The summed E-state index contributed by atoms with van der Waals surface area (Å²) in [7, 11) is 1.61. The van der Waals surface area contributed by atoms with Crippen molar-refractivity contribution >= 4 is 11.9 Å². The van der Waals surface area contributed by atoms with Gasteiger partial charge in [-0.05, 0) is 57.1 Å². The van der Waals surface area contributed by atoms with Crippen molar-refractivity contribution in [3.8, 4) is 0 Å². The van der Waals surface area contributed by atoms with E-state index >= 15 is 0 Å². The van der Waals surface area contributed by atoms with Crippen molar-refractivity contribution in [2.45, 2.75) is 76.7 Å². The Bertz CT molecular complexity index is 797. The fourth-order valence-electron chi connectivity index (χ4n) is 5.23. The Hall–Kier alpha value is -2.38. The zero-order valence-corrected chi connectivity index (χ0v) is 19.3. The zero-order chi connectivity index (χ0) is 23.1. The summed E-state index contributed by atoms with van der Waals surface area (Å²) < 4.78 is 11.1. The van der Waals surface area contributed by atoms with Crippen LogP contribution in [-0.4, -0.2) is 60.0 Å². The van der Waals surface area contributed by atoms with Crippen LogP contribution in [-0.2, 0) is 25.5 Å². The highest BCUT2D eigenvalue weighted by atomic mass is 16.5. The minimum Gasteiger partial charge on any atom is -0.480 e. The van der Waals surface area contributed by atoms with Gasteiger partial charge in [-0.3, -0.25) is 9.69 Å². The maximum absolute atomic E-state index is 12.6. The van der Waals surface area contributed by atoms with Crippen LogP contribution in [0.1, 0.15) is 51.5 Å². The Balaban J connectivity index is 1.80. The monoisotopic (exact) mass is 444 g/mol. The van der Waals surface area contributed by atoms with Crippen LogP contribution in [0, 0.1) is 5.92 Å². The van der Waals surface area contributed by atoms with E-state index in [-0.39, 0.29) is 18.7 Å². The summed E-state index contributed by atoms with van der Waals surface area (Å²) in [5, 5.41) is 13.2. The first-order valence-electron chi connectivity index (χ1n) is 11.7. The molecule has 5 unspecified atom stereocenters. The van der Waals surface area contributed by atoms with E-state index in [0.717, 1.165) is 31.2 Å². The third-order valence-corrected chi connectivity index (χ3v) is 6.65. The molecule has 1 aliphatic heterocycles. The molecule has 3 rings (SSSR count). The van der Waals surface area contributed by atoms with Crippen molar-refractivity contribution in [1.82, 2.24) is 10.2 Å². The number of nitrogens with zero attached hydrogens (tertiary/aromatic N) is 1. The third-order valence-electron chi connectivity index (χ3n) is 6.65. The van der Waals surface area contributed by atoms with Crippen LogP contribution in [0.15, 0.2) is 42.1 Å². The van der Waals surface area contributed by atoms with Gasteiger partial charge in [0.15, 0.2) is 0 Å². The van der Waals surface area contributed by atoms with Crippen molar-refractivity contribution in [3.05, 3.63) is 47.7 Å². The second-order valence-corrected chi connectivity index (χ2v) is 8.74. The molecule has 2 aliphatic rings. The predicted octanol–water partition coefficient (Wildman–Crippen LogP) is 3.34. The van der Waals surface area contributed by atoms with E-state index in [0.29, 0.717) is 24.5 Å². The largest absolute Gasteiger partial charge is 0.480 e. The number of carbonyl (C=O) groups excluding carboxylic acids is 1. The minimum absolute atomic E-state index is 0.193. The number of benzene rings is 1. The van der Waals surface area contributed by atoms with Gasteiger partial charge in [0.05, 0.1) is 12.6 Å². The number of carbonyl (C=O) groups is 2. The van der Waals surface area contributed by atoms with Gasteiger partial charge in [-0.2, -0.15) is 0 Å². The third kappa shape index (κ3) is 5.70. The van der Waals surface area contributed by atoms with E-state index < -0.39 is 24.2 Å². The molecule has 0 amide bonds. The minimum atomic E-state index is -0.807. The van der Waals surface area contributed by atoms with E-state index in [1.807, 2.05) is 48.2 Å². The lowest BCUT2D eigenvalue weighted by Gasteiger charge is -2.40. The maximum atomic E-state index is 12.6. The fraction of sp³-hybridized carbons (Fsp3) is 0.600. The van der Waals surface area contributed by atoms with Gasteiger partial charge in [0.2, 0.25) is 0 Å². The molecule has 1 heterocycles. The van der Waals surface area contributed by atoms with E-state index in [1.165, 1.54) is 0 Å². The molecule has 32 heavy (non-hydrogen) atoms. The van der Waals surface area contributed by atoms with Crippen LogP contribution >= 0.6 is 0 Å².